The van der Waals surface area contributed by atoms with Gasteiger partial charge in [0.05, 0.1) is 17.9 Å². The van der Waals surface area contributed by atoms with Crippen molar-refractivity contribution in [2.75, 3.05) is 18.6 Å². The first kappa shape index (κ1) is 30.9. The summed E-state index contributed by atoms with van der Waals surface area (Å²) in [6, 6.07) is 12.9. The molecule has 0 spiro atoms. The van der Waals surface area contributed by atoms with Gasteiger partial charge in [-0.15, -0.1) is 0 Å². The van der Waals surface area contributed by atoms with Crippen molar-refractivity contribution in [3.8, 4) is 0 Å². The van der Waals surface area contributed by atoms with Gasteiger partial charge in [0.2, 0.25) is 0 Å². The molecule has 0 unspecified atom stereocenters. The Morgan fingerprint density at radius 2 is 1.57 bits per heavy atom. The van der Waals surface area contributed by atoms with Crippen molar-refractivity contribution in [3.05, 3.63) is 98.9 Å². The van der Waals surface area contributed by atoms with Crippen LogP contribution in [-0.2, 0) is 27.4 Å². The molecule has 3 aromatic carbocycles. The Balaban J connectivity index is 1.90. The molecule has 3 aromatic rings. The lowest BCUT2D eigenvalue weighted by Crippen LogP contribution is -2.34. The molecule has 222 valence electrons. The third-order valence-electron chi connectivity index (χ3n) is 7.51. The molecule has 0 radical (unpaired) electrons. The maximum absolute atomic E-state index is 13.9. The zero-order chi connectivity index (χ0) is 30.9. The highest BCUT2D eigenvalue weighted by Crippen LogP contribution is 2.44. The normalized spacial score (nSPS) is 13.5. The van der Waals surface area contributed by atoms with Gasteiger partial charge in [0, 0.05) is 36.8 Å². The summed E-state index contributed by atoms with van der Waals surface area (Å²) in [5.41, 5.74) is 5.40. The molecule has 2 amide bonds. The Bertz CT molecular complexity index is 1520. The van der Waals surface area contributed by atoms with E-state index < -0.39 is 23.5 Å². The van der Waals surface area contributed by atoms with E-state index in [0.717, 1.165) is 27.8 Å². The molecule has 8 heteroatoms. The van der Waals surface area contributed by atoms with Crippen molar-refractivity contribution in [3.63, 3.8) is 0 Å². The lowest BCUT2D eigenvalue weighted by molar-refractivity contribution is -0.166. The number of nitrogens with zero attached hydrogens (tertiary/aromatic N) is 2. The van der Waals surface area contributed by atoms with Crippen LogP contribution in [0.1, 0.15) is 87.9 Å². The number of carbonyl (C=O) groups is 3. The van der Waals surface area contributed by atoms with Gasteiger partial charge in [0.1, 0.15) is 5.82 Å². The number of ether oxygens (including phenoxy) is 2. The molecular weight excluding hydrogens is 535 g/mol. The number of rotatable bonds is 7. The van der Waals surface area contributed by atoms with Gasteiger partial charge in [-0.1, -0.05) is 23.8 Å². The van der Waals surface area contributed by atoms with Crippen molar-refractivity contribution in [1.29, 1.82) is 0 Å². The molecule has 1 atom stereocenters. The predicted octanol–water partition coefficient (Wildman–Crippen LogP) is 6.60. The van der Waals surface area contributed by atoms with Gasteiger partial charge in [-0.05, 0) is 101 Å². The van der Waals surface area contributed by atoms with E-state index >= 15 is 0 Å². The van der Waals surface area contributed by atoms with Gasteiger partial charge in [-0.25, -0.2) is 9.18 Å². The van der Waals surface area contributed by atoms with Crippen LogP contribution in [-0.4, -0.2) is 41.9 Å². The molecule has 1 aliphatic rings. The number of hydrogen-bond donors (Lipinski definition) is 0. The molecule has 0 saturated carbocycles. The second-order valence-corrected chi connectivity index (χ2v) is 11.7. The van der Waals surface area contributed by atoms with Gasteiger partial charge >= 0.3 is 5.97 Å². The maximum Gasteiger partial charge on any atom is 0.340 e. The first-order valence-electron chi connectivity index (χ1n) is 14.1. The highest BCUT2D eigenvalue weighted by Gasteiger charge is 2.38. The fraction of sp³-hybridized carbons (Fsp3) is 0.382. The minimum Gasteiger partial charge on any atom is -0.464 e. The van der Waals surface area contributed by atoms with Crippen LogP contribution >= 0.6 is 0 Å². The fourth-order valence-electron chi connectivity index (χ4n) is 5.49. The van der Waals surface area contributed by atoms with Crippen molar-refractivity contribution in [2.45, 2.75) is 73.3 Å². The first-order chi connectivity index (χ1) is 19.7. The summed E-state index contributed by atoms with van der Waals surface area (Å²) in [5, 5.41) is 0. The molecule has 0 bridgehead atoms. The van der Waals surface area contributed by atoms with Crippen LogP contribution in [0, 0.1) is 26.6 Å². The van der Waals surface area contributed by atoms with E-state index in [9.17, 15) is 18.8 Å². The highest BCUT2D eigenvalue weighted by atomic mass is 19.1. The summed E-state index contributed by atoms with van der Waals surface area (Å²) in [7, 11) is 1.68. The average molecular weight is 575 g/mol. The van der Waals surface area contributed by atoms with Crippen molar-refractivity contribution in [2.24, 2.45) is 0 Å². The van der Waals surface area contributed by atoms with E-state index in [4.69, 9.17) is 9.47 Å². The van der Waals surface area contributed by atoms with Gasteiger partial charge in [-0.3, -0.25) is 9.59 Å². The number of carbonyl (C=O) groups excluding carboxylic acids is 3. The second-order valence-electron chi connectivity index (χ2n) is 11.7. The number of esters is 1. The van der Waals surface area contributed by atoms with Crippen LogP contribution in [0.15, 0.2) is 48.5 Å². The van der Waals surface area contributed by atoms with E-state index in [-0.39, 0.29) is 37.1 Å². The number of aryl methyl sites for hydroxylation is 1. The van der Waals surface area contributed by atoms with Crippen LogP contribution in [0.5, 0.6) is 0 Å². The molecular formula is C34H39FN2O5. The summed E-state index contributed by atoms with van der Waals surface area (Å²) < 4.78 is 25.8. The van der Waals surface area contributed by atoms with Gasteiger partial charge < -0.3 is 19.3 Å². The SMILES string of the molecule is CCOC(=O)[C@@H](OC(C)(C)C)c1c(C)c2c(c(C)c1N(C)C(=O)c1ccc(C)cc1)CN(C(=O)c1cccc(F)c1)C2. The van der Waals surface area contributed by atoms with Crippen LogP contribution in [0.3, 0.4) is 0 Å². The summed E-state index contributed by atoms with van der Waals surface area (Å²) >= 11 is 0. The number of halogens is 1. The second kappa shape index (κ2) is 12.1. The molecule has 1 aliphatic heterocycles. The van der Waals surface area contributed by atoms with Gasteiger partial charge in [-0.2, -0.15) is 0 Å². The number of fused-ring (bicyclic) bond motifs is 1. The zero-order valence-electron chi connectivity index (χ0n) is 25.6. The van der Waals surface area contributed by atoms with Crippen LogP contribution in [0.2, 0.25) is 0 Å². The number of anilines is 1. The molecule has 0 N–H and O–H groups in total. The van der Waals surface area contributed by atoms with E-state index in [0.29, 0.717) is 16.8 Å². The van der Waals surface area contributed by atoms with Gasteiger partial charge in [0.15, 0.2) is 6.10 Å². The highest BCUT2D eigenvalue weighted by molar-refractivity contribution is 6.07. The van der Waals surface area contributed by atoms with Crippen molar-refractivity contribution < 1.29 is 28.2 Å². The van der Waals surface area contributed by atoms with E-state index in [1.54, 1.807) is 42.0 Å². The minimum atomic E-state index is -1.12. The van der Waals surface area contributed by atoms with E-state index in [1.165, 1.54) is 18.2 Å². The van der Waals surface area contributed by atoms with Crippen LogP contribution in [0.4, 0.5) is 10.1 Å². The third-order valence-corrected chi connectivity index (χ3v) is 7.51. The largest absolute Gasteiger partial charge is 0.464 e. The summed E-state index contributed by atoms with van der Waals surface area (Å²) in [5.74, 6) is -1.59. The lowest BCUT2D eigenvalue weighted by atomic mass is 9.88. The number of amides is 2. The summed E-state index contributed by atoms with van der Waals surface area (Å²) in [6.07, 6.45) is -1.12. The maximum atomic E-state index is 13.9. The minimum absolute atomic E-state index is 0.162. The molecule has 42 heavy (non-hydrogen) atoms. The number of benzene rings is 3. The van der Waals surface area contributed by atoms with E-state index in [2.05, 4.69) is 0 Å². The quantitative estimate of drug-likeness (QED) is 0.297. The van der Waals surface area contributed by atoms with E-state index in [1.807, 2.05) is 53.7 Å². The third kappa shape index (κ3) is 6.23. The smallest absolute Gasteiger partial charge is 0.340 e. The first-order valence-corrected chi connectivity index (χ1v) is 14.1. The topological polar surface area (TPSA) is 76.2 Å². The molecule has 4 rings (SSSR count). The zero-order valence-corrected chi connectivity index (χ0v) is 25.6. The fourth-order valence-corrected chi connectivity index (χ4v) is 5.49. The molecule has 0 aromatic heterocycles. The summed E-state index contributed by atoms with van der Waals surface area (Å²) in [4.78, 5) is 43.9. The van der Waals surface area contributed by atoms with Crippen LogP contribution < -0.4 is 4.90 Å². The van der Waals surface area contributed by atoms with Crippen LogP contribution in [0.25, 0.3) is 0 Å². The molecule has 0 fully saturated rings. The monoisotopic (exact) mass is 574 g/mol. The van der Waals surface area contributed by atoms with Crippen molar-refractivity contribution in [1.82, 2.24) is 4.90 Å². The summed E-state index contributed by atoms with van der Waals surface area (Å²) in [6.45, 7) is 13.7. The molecule has 0 aliphatic carbocycles. The Kier molecular flexibility index (Phi) is 8.87. The Morgan fingerprint density at radius 1 is 0.952 bits per heavy atom. The lowest BCUT2D eigenvalue weighted by Gasteiger charge is -2.33. The average Bonchev–Trinajstić information content (AvgIpc) is 3.39. The Morgan fingerprint density at radius 3 is 2.14 bits per heavy atom. The predicted molar refractivity (Wildman–Crippen MR) is 160 cm³/mol. The number of hydrogen-bond acceptors (Lipinski definition) is 5. The standard InChI is InChI=1S/C34H39FN2O5/c1-9-41-33(40)30(42-34(5,6)7)28-21(3)26-18-37(32(39)24-11-10-12-25(35)17-24)19-27(26)22(4)29(28)36(8)31(38)23-15-13-20(2)14-16-23/h10-17,30H,9,18-19H2,1-8H3/t30-/m0/s1. The van der Waals surface area contributed by atoms with Gasteiger partial charge in [0.25, 0.3) is 11.8 Å². The molecule has 7 nitrogen and oxygen atoms in total. The molecule has 1 heterocycles. The molecule has 0 saturated heterocycles. The Labute approximate surface area is 247 Å². The van der Waals surface area contributed by atoms with Crippen molar-refractivity contribution >= 4 is 23.5 Å². The Hall–Kier alpha value is -4.04.